The van der Waals surface area contributed by atoms with Crippen molar-refractivity contribution in [2.24, 2.45) is 0 Å². The molecule has 0 saturated carbocycles. The minimum absolute atomic E-state index is 0.0243. The zero-order valence-electron chi connectivity index (χ0n) is 4.68. The zero-order chi connectivity index (χ0) is 5.54. The third kappa shape index (κ3) is 5.70. The lowest BCUT2D eigenvalue weighted by Gasteiger charge is -1.77. The first kappa shape index (κ1) is 6.70. The van der Waals surface area contributed by atoms with Gasteiger partial charge in [-0.2, -0.15) is 0 Å². The molecule has 0 aliphatic carbocycles. The molecule has 0 rings (SSSR count). The third-order valence-electron chi connectivity index (χ3n) is 0.687. The molecule has 0 aromatic rings. The molecule has 0 fully saturated rings. The first-order valence-electron chi connectivity index (χ1n) is 2.65. The van der Waals surface area contributed by atoms with Gasteiger partial charge in [-0.3, -0.25) is 0 Å². The summed E-state index contributed by atoms with van der Waals surface area (Å²) in [4.78, 5) is 0. The Morgan fingerprint density at radius 1 is 1.43 bits per heavy atom. The van der Waals surface area contributed by atoms with Crippen molar-refractivity contribution in [1.82, 2.24) is 0 Å². The summed E-state index contributed by atoms with van der Waals surface area (Å²) in [6, 6.07) is 0. The molecule has 0 heterocycles. The fourth-order valence-electron chi connectivity index (χ4n) is 0.353. The standard InChI is InChI=1S/C6H11O/c1-2-3-4-5-6-7/h3-4H,2,5-6H2,1H3/b4-3-. The molecule has 0 aliphatic heterocycles. The topological polar surface area (TPSA) is 19.9 Å². The second kappa shape index (κ2) is 5.70. The Kier molecular flexibility index (Phi) is 5.46. The number of hydrogen-bond acceptors (Lipinski definition) is 0. The van der Waals surface area contributed by atoms with E-state index in [1.807, 2.05) is 12.2 Å². The summed E-state index contributed by atoms with van der Waals surface area (Å²) >= 11 is 0. The smallest absolute Gasteiger partial charge is 0.0856 e. The normalized spacial score (nSPS) is 10.6. The molecule has 0 saturated heterocycles. The van der Waals surface area contributed by atoms with Gasteiger partial charge in [0.2, 0.25) is 0 Å². The van der Waals surface area contributed by atoms with E-state index in [9.17, 15) is 5.11 Å². The molecule has 0 atom stereocenters. The third-order valence-corrected chi connectivity index (χ3v) is 0.687. The Hall–Kier alpha value is -0.300. The second-order valence-electron chi connectivity index (χ2n) is 1.37. The predicted octanol–water partition coefficient (Wildman–Crippen LogP) is 1.77. The Labute approximate surface area is 44.7 Å². The van der Waals surface area contributed by atoms with E-state index in [1.54, 1.807) is 0 Å². The lowest BCUT2D eigenvalue weighted by atomic mass is 10.3. The lowest BCUT2D eigenvalue weighted by molar-refractivity contribution is 0.199. The maximum absolute atomic E-state index is 9.75. The van der Waals surface area contributed by atoms with Crippen LogP contribution in [0.1, 0.15) is 19.8 Å². The molecule has 7 heavy (non-hydrogen) atoms. The van der Waals surface area contributed by atoms with E-state index in [1.165, 1.54) is 0 Å². The van der Waals surface area contributed by atoms with Crippen LogP contribution in [0.4, 0.5) is 0 Å². The molecule has 0 amide bonds. The van der Waals surface area contributed by atoms with E-state index in [0.717, 1.165) is 6.42 Å². The first-order valence-corrected chi connectivity index (χ1v) is 2.65. The Morgan fingerprint density at radius 2 is 2.14 bits per heavy atom. The fourth-order valence-corrected chi connectivity index (χ4v) is 0.353. The monoisotopic (exact) mass is 99.1 g/mol. The van der Waals surface area contributed by atoms with Gasteiger partial charge in [-0.1, -0.05) is 19.1 Å². The molecule has 1 radical (unpaired) electrons. The van der Waals surface area contributed by atoms with Crippen molar-refractivity contribution < 1.29 is 5.11 Å². The van der Waals surface area contributed by atoms with Crippen LogP contribution in [0, 0.1) is 0 Å². The highest BCUT2D eigenvalue weighted by atomic mass is 16.2. The largest absolute Gasteiger partial charge is 0.236 e. The molecule has 41 valence electrons. The highest BCUT2D eigenvalue weighted by Gasteiger charge is 1.70. The molecular weight excluding hydrogens is 88.1 g/mol. The van der Waals surface area contributed by atoms with E-state index >= 15 is 0 Å². The summed E-state index contributed by atoms with van der Waals surface area (Å²) in [7, 11) is 0. The van der Waals surface area contributed by atoms with Crippen molar-refractivity contribution in [3.05, 3.63) is 12.2 Å². The van der Waals surface area contributed by atoms with Crippen LogP contribution in [0.2, 0.25) is 0 Å². The number of rotatable bonds is 3. The molecule has 0 bridgehead atoms. The van der Waals surface area contributed by atoms with Gasteiger partial charge in [0.15, 0.2) is 0 Å². The van der Waals surface area contributed by atoms with Crippen LogP contribution in [0.5, 0.6) is 0 Å². The summed E-state index contributed by atoms with van der Waals surface area (Å²) in [6.45, 7) is 2.08. The molecule has 0 spiro atoms. The van der Waals surface area contributed by atoms with Gasteiger partial charge >= 0.3 is 0 Å². The predicted molar refractivity (Wildman–Crippen MR) is 29.6 cm³/mol. The van der Waals surface area contributed by atoms with Crippen LogP contribution in [-0.2, 0) is 5.11 Å². The Balaban J connectivity index is 2.78. The second-order valence-corrected chi connectivity index (χ2v) is 1.37. The van der Waals surface area contributed by atoms with E-state index in [4.69, 9.17) is 0 Å². The van der Waals surface area contributed by atoms with E-state index < -0.39 is 0 Å². The molecule has 1 nitrogen and oxygen atoms in total. The van der Waals surface area contributed by atoms with Gasteiger partial charge in [-0.05, 0) is 12.8 Å². The fraction of sp³-hybridized carbons (Fsp3) is 0.667. The minimum Gasteiger partial charge on any atom is -0.236 e. The SMILES string of the molecule is CC/C=C\CC[O]. The quantitative estimate of drug-likeness (QED) is 0.480. The summed E-state index contributed by atoms with van der Waals surface area (Å²) in [5.74, 6) is 0. The molecule has 0 unspecified atom stereocenters. The highest BCUT2D eigenvalue weighted by Crippen LogP contribution is 1.82. The van der Waals surface area contributed by atoms with E-state index in [0.29, 0.717) is 6.42 Å². The molecule has 1 heteroatoms. The van der Waals surface area contributed by atoms with Crippen LogP contribution in [0.25, 0.3) is 0 Å². The van der Waals surface area contributed by atoms with Crippen molar-refractivity contribution in [3.63, 3.8) is 0 Å². The van der Waals surface area contributed by atoms with Gasteiger partial charge in [-0.25, -0.2) is 5.11 Å². The van der Waals surface area contributed by atoms with Gasteiger partial charge in [0, 0.05) is 0 Å². The zero-order valence-corrected chi connectivity index (χ0v) is 4.68. The van der Waals surface area contributed by atoms with Crippen LogP contribution in [0.15, 0.2) is 12.2 Å². The Bertz CT molecular complexity index is 48.1. The molecule has 0 aromatic heterocycles. The van der Waals surface area contributed by atoms with Crippen molar-refractivity contribution in [2.75, 3.05) is 6.61 Å². The summed E-state index contributed by atoms with van der Waals surface area (Å²) < 4.78 is 0. The lowest BCUT2D eigenvalue weighted by Crippen LogP contribution is -1.71. The number of hydrogen-bond donors (Lipinski definition) is 0. The van der Waals surface area contributed by atoms with Gasteiger partial charge in [0.05, 0.1) is 6.61 Å². The van der Waals surface area contributed by atoms with E-state index in [2.05, 4.69) is 6.92 Å². The van der Waals surface area contributed by atoms with Crippen molar-refractivity contribution >= 4 is 0 Å². The van der Waals surface area contributed by atoms with Crippen molar-refractivity contribution in [3.8, 4) is 0 Å². The molecule has 0 N–H and O–H groups in total. The number of allylic oxidation sites excluding steroid dienone is 1. The maximum Gasteiger partial charge on any atom is 0.0856 e. The van der Waals surface area contributed by atoms with Crippen molar-refractivity contribution in [2.45, 2.75) is 19.8 Å². The average molecular weight is 99.2 g/mol. The first-order chi connectivity index (χ1) is 3.41. The minimum atomic E-state index is 0.0243. The molecular formula is C6H11O. The van der Waals surface area contributed by atoms with Gasteiger partial charge in [-0.15, -0.1) is 0 Å². The summed E-state index contributed by atoms with van der Waals surface area (Å²) in [5, 5.41) is 9.75. The van der Waals surface area contributed by atoms with Crippen molar-refractivity contribution in [1.29, 1.82) is 0 Å². The van der Waals surface area contributed by atoms with Crippen LogP contribution < -0.4 is 0 Å². The van der Waals surface area contributed by atoms with Crippen LogP contribution in [-0.4, -0.2) is 6.61 Å². The van der Waals surface area contributed by atoms with E-state index in [-0.39, 0.29) is 6.61 Å². The average Bonchev–Trinajstić information content (AvgIpc) is 1.69. The van der Waals surface area contributed by atoms with Gasteiger partial charge < -0.3 is 0 Å². The molecule has 0 aromatic carbocycles. The summed E-state index contributed by atoms with van der Waals surface area (Å²) in [6.07, 6.45) is 5.67. The highest BCUT2D eigenvalue weighted by molar-refractivity contribution is 4.79. The van der Waals surface area contributed by atoms with Gasteiger partial charge in [0.25, 0.3) is 0 Å². The van der Waals surface area contributed by atoms with Gasteiger partial charge in [0.1, 0.15) is 0 Å². The van der Waals surface area contributed by atoms with Crippen LogP contribution in [0.3, 0.4) is 0 Å². The maximum atomic E-state index is 9.75. The van der Waals surface area contributed by atoms with Crippen LogP contribution >= 0.6 is 0 Å². The Morgan fingerprint density at radius 3 is 2.57 bits per heavy atom. The summed E-state index contributed by atoms with van der Waals surface area (Å²) in [5.41, 5.74) is 0. The molecule has 0 aliphatic rings.